The van der Waals surface area contributed by atoms with Gasteiger partial charge in [0.1, 0.15) is 6.54 Å². The van der Waals surface area contributed by atoms with Crippen molar-refractivity contribution in [3.8, 4) is 0 Å². The van der Waals surface area contributed by atoms with Crippen molar-refractivity contribution in [3.05, 3.63) is 0 Å². The zero-order chi connectivity index (χ0) is 17.2. The minimum absolute atomic E-state index is 0.0561. The molecule has 0 aromatic rings. The molecule has 0 aromatic carbocycles. The molecule has 23 heavy (non-hydrogen) atoms. The predicted octanol–water partition coefficient (Wildman–Crippen LogP) is 0.557. The summed E-state index contributed by atoms with van der Waals surface area (Å²) < 4.78 is 4.80. The number of nitrogens with one attached hydrogen (secondary N) is 2. The first kappa shape index (κ1) is 18.9. The third-order valence-electron chi connectivity index (χ3n) is 3.60. The summed E-state index contributed by atoms with van der Waals surface area (Å²) in [7, 11) is 0. The highest BCUT2D eigenvalue weighted by atomic mass is 16.5. The van der Waals surface area contributed by atoms with Crippen molar-refractivity contribution >= 4 is 23.8 Å². The number of hydrogen-bond acceptors (Lipinski definition) is 5. The maximum absolute atomic E-state index is 11.8. The second-order valence-corrected chi connectivity index (χ2v) is 5.62. The van der Waals surface area contributed by atoms with Gasteiger partial charge in [-0.1, -0.05) is 13.3 Å². The van der Waals surface area contributed by atoms with Crippen LogP contribution in [-0.4, -0.2) is 54.5 Å². The molecule has 0 aromatic heterocycles. The van der Waals surface area contributed by atoms with Crippen LogP contribution in [-0.2, 0) is 19.1 Å². The lowest BCUT2D eigenvalue weighted by Gasteiger charge is -2.19. The normalized spacial score (nSPS) is 16.3. The zero-order valence-electron chi connectivity index (χ0n) is 13.7. The first-order valence-corrected chi connectivity index (χ1v) is 7.96. The number of carbonyl (C=O) groups excluding carboxylic acids is 4. The first-order valence-electron chi connectivity index (χ1n) is 7.96. The van der Waals surface area contributed by atoms with Crippen LogP contribution >= 0.6 is 0 Å². The molecular formula is C15H25N3O5. The van der Waals surface area contributed by atoms with Crippen LogP contribution in [0.2, 0.25) is 0 Å². The highest BCUT2D eigenvalue weighted by Gasteiger charge is 2.20. The van der Waals surface area contributed by atoms with Gasteiger partial charge in [-0.05, 0) is 26.2 Å². The molecule has 0 spiro atoms. The summed E-state index contributed by atoms with van der Waals surface area (Å²) >= 11 is 0. The van der Waals surface area contributed by atoms with E-state index in [9.17, 15) is 19.2 Å². The van der Waals surface area contributed by atoms with E-state index >= 15 is 0 Å². The summed E-state index contributed by atoms with van der Waals surface area (Å²) in [5.41, 5.74) is 0. The van der Waals surface area contributed by atoms with Gasteiger partial charge in [0.15, 0.2) is 6.61 Å². The summed E-state index contributed by atoms with van der Waals surface area (Å²) in [4.78, 5) is 47.8. The van der Waals surface area contributed by atoms with Gasteiger partial charge in [-0.15, -0.1) is 0 Å². The number of esters is 1. The van der Waals surface area contributed by atoms with Gasteiger partial charge in [0.2, 0.25) is 5.91 Å². The van der Waals surface area contributed by atoms with Crippen molar-refractivity contribution in [2.24, 2.45) is 0 Å². The van der Waals surface area contributed by atoms with Gasteiger partial charge >= 0.3 is 12.0 Å². The summed E-state index contributed by atoms with van der Waals surface area (Å²) in [5, 5.41) is 4.64. The standard InChI is InChI=1S/C15H25N3O5/c1-3-11(2)16-15(22)17-12(19)10-23-14(21)9-18-8-6-4-5-7-13(18)20/h11H,3-10H2,1-2H3,(H2,16,17,19,22)/t11-/m1/s1. The van der Waals surface area contributed by atoms with Gasteiger partial charge < -0.3 is 15.0 Å². The molecule has 8 heteroatoms. The predicted molar refractivity (Wildman–Crippen MR) is 82.4 cm³/mol. The molecule has 1 heterocycles. The molecule has 1 aliphatic rings. The largest absolute Gasteiger partial charge is 0.454 e. The maximum Gasteiger partial charge on any atom is 0.326 e. The van der Waals surface area contributed by atoms with E-state index in [0.29, 0.717) is 13.0 Å². The quantitative estimate of drug-likeness (QED) is 0.694. The topological polar surface area (TPSA) is 105 Å². The molecular weight excluding hydrogens is 302 g/mol. The fourth-order valence-electron chi connectivity index (χ4n) is 2.08. The Kier molecular flexibility index (Phi) is 8.07. The van der Waals surface area contributed by atoms with E-state index in [2.05, 4.69) is 10.6 Å². The Bertz CT molecular complexity index is 452. The molecule has 1 atom stereocenters. The number of hydrogen-bond donors (Lipinski definition) is 2. The molecule has 0 saturated carbocycles. The Morgan fingerprint density at radius 3 is 2.70 bits per heavy atom. The third-order valence-corrected chi connectivity index (χ3v) is 3.60. The smallest absolute Gasteiger partial charge is 0.326 e. The second-order valence-electron chi connectivity index (χ2n) is 5.62. The van der Waals surface area contributed by atoms with Gasteiger partial charge in [-0.2, -0.15) is 0 Å². The molecule has 1 aliphatic heterocycles. The van der Waals surface area contributed by atoms with Gasteiger partial charge in [0.05, 0.1) is 0 Å². The van der Waals surface area contributed by atoms with Gasteiger partial charge in [-0.3, -0.25) is 19.7 Å². The van der Waals surface area contributed by atoms with Crippen molar-refractivity contribution in [2.75, 3.05) is 19.7 Å². The van der Waals surface area contributed by atoms with Crippen LogP contribution in [0.15, 0.2) is 0 Å². The Hall–Kier alpha value is -2.12. The fraction of sp³-hybridized carbons (Fsp3) is 0.733. The van der Waals surface area contributed by atoms with E-state index in [1.54, 1.807) is 0 Å². The Labute approximate surface area is 135 Å². The highest BCUT2D eigenvalue weighted by Crippen LogP contribution is 2.10. The van der Waals surface area contributed by atoms with Gasteiger partial charge in [-0.25, -0.2) is 4.79 Å². The van der Waals surface area contributed by atoms with Crippen LogP contribution in [0.1, 0.15) is 46.0 Å². The minimum atomic E-state index is -0.707. The number of likely N-dealkylation sites (tertiary alicyclic amines) is 1. The van der Waals surface area contributed by atoms with Crippen LogP contribution in [0.3, 0.4) is 0 Å². The second kappa shape index (κ2) is 9.81. The van der Waals surface area contributed by atoms with Crippen LogP contribution in [0.4, 0.5) is 4.79 Å². The Balaban J connectivity index is 2.28. The Morgan fingerprint density at radius 1 is 1.26 bits per heavy atom. The number of carbonyl (C=O) groups is 4. The van der Waals surface area contributed by atoms with Gasteiger partial charge in [0.25, 0.3) is 5.91 Å². The van der Waals surface area contributed by atoms with Crippen LogP contribution < -0.4 is 10.6 Å². The third kappa shape index (κ3) is 7.62. The Morgan fingerprint density at radius 2 is 2.00 bits per heavy atom. The van der Waals surface area contributed by atoms with E-state index in [1.807, 2.05) is 13.8 Å². The number of amides is 4. The van der Waals surface area contributed by atoms with E-state index in [0.717, 1.165) is 25.7 Å². The number of ether oxygens (including phenoxy) is 1. The van der Waals surface area contributed by atoms with Crippen LogP contribution in [0, 0.1) is 0 Å². The first-order chi connectivity index (χ1) is 10.9. The van der Waals surface area contributed by atoms with Crippen molar-refractivity contribution in [3.63, 3.8) is 0 Å². The van der Waals surface area contributed by atoms with E-state index in [1.165, 1.54) is 4.90 Å². The summed E-state index contributed by atoms with van der Waals surface area (Å²) in [6.07, 6.45) is 3.82. The summed E-state index contributed by atoms with van der Waals surface area (Å²) in [5.74, 6) is -1.43. The van der Waals surface area contributed by atoms with Crippen LogP contribution in [0.25, 0.3) is 0 Å². The average Bonchev–Trinajstić information content (AvgIpc) is 2.70. The number of rotatable bonds is 6. The molecule has 1 rings (SSSR count). The van der Waals surface area contributed by atoms with E-state index in [-0.39, 0.29) is 18.5 Å². The average molecular weight is 327 g/mol. The van der Waals surface area contributed by atoms with E-state index < -0.39 is 24.5 Å². The van der Waals surface area contributed by atoms with Crippen molar-refractivity contribution in [2.45, 2.75) is 52.0 Å². The van der Waals surface area contributed by atoms with Crippen molar-refractivity contribution in [1.29, 1.82) is 0 Å². The maximum atomic E-state index is 11.8. The van der Waals surface area contributed by atoms with Crippen LogP contribution in [0.5, 0.6) is 0 Å². The molecule has 130 valence electrons. The van der Waals surface area contributed by atoms with Crippen molar-refractivity contribution < 1.29 is 23.9 Å². The molecule has 2 N–H and O–H groups in total. The summed E-state index contributed by atoms with van der Waals surface area (Å²) in [6.45, 7) is 3.53. The summed E-state index contributed by atoms with van der Waals surface area (Å²) in [6, 6.07) is -0.678. The lowest BCUT2D eigenvalue weighted by molar-refractivity contribution is -0.152. The zero-order valence-corrected chi connectivity index (χ0v) is 13.7. The molecule has 0 bridgehead atoms. The molecule has 4 amide bonds. The van der Waals surface area contributed by atoms with Crippen molar-refractivity contribution in [1.82, 2.24) is 15.5 Å². The SMILES string of the molecule is CC[C@@H](C)NC(=O)NC(=O)COC(=O)CN1CCCCCC1=O. The number of urea groups is 1. The molecule has 0 unspecified atom stereocenters. The molecule has 0 radical (unpaired) electrons. The highest BCUT2D eigenvalue weighted by molar-refractivity contribution is 5.95. The molecule has 1 saturated heterocycles. The molecule has 0 aliphatic carbocycles. The number of nitrogens with zero attached hydrogens (tertiary/aromatic N) is 1. The van der Waals surface area contributed by atoms with Gasteiger partial charge in [0, 0.05) is 19.0 Å². The number of imide groups is 1. The fourth-order valence-corrected chi connectivity index (χ4v) is 2.08. The molecule has 1 fully saturated rings. The minimum Gasteiger partial charge on any atom is -0.454 e. The lowest BCUT2D eigenvalue weighted by atomic mass is 10.2. The monoisotopic (exact) mass is 327 g/mol. The van der Waals surface area contributed by atoms with E-state index in [4.69, 9.17) is 4.74 Å². The lowest BCUT2D eigenvalue weighted by Crippen LogP contribution is -2.45. The molecule has 8 nitrogen and oxygen atoms in total.